The lowest BCUT2D eigenvalue weighted by Crippen LogP contribution is -2.37. The highest BCUT2D eigenvalue weighted by Crippen LogP contribution is 2.31. The molecule has 7 heteroatoms. The number of hydrogen-bond donors (Lipinski definition) is 1. The van der Waals surface area contributed by atoms with Crippen LogP contribution in [0.2, 0.25) is 0 Å². The molecule has 0 amide bonds. The van der Waals surface area contributed by atoms with E-state index in [9.17, 15) is 13.2 Å². The van der Waals surface area contributed by atoms with E-state index in [2.05, 4.69) is 4.98 Å². The first kappa shape index (κ1) is 14.6. The molecule has 0 atom stereocenters. The molecule has 1 aliphatic heterocycles. The lowest BCUT2D eigenvalue weighted by molar-refractivity contribution is -0.141. The van der Waals surface area contributed by atoms with E-state index in [0.717, 1.165) is 18.9 Å². The number of hydrogen-bond acceptors (Lipinski definition) is 4. The molecule has 0 aromatic carbocycles. The summed E-state index contributed by atoms with van der Waals surface area (Å²) in [6, 6.07) is 3.92. The van der Waals surface area contributed by atoms with Gasteiger partial charge in [-0.2, -0.15) is 18.4 Å². The molecule has 4 nitrogen and oxygen atoms in total. The number of rotatable bonds is 2. The van der Waals surface area contributed by atoms with E-state index in [0.29, 0.717) is 25.6 Å². The number of nitriles is 1. The SMILES string of the molecule is N#Cc1ccc(C(F)(F)F)nc1N1CCC(CN)CC1. The third-order valence-electron chi connectivity index (χ3n) is 3.53. The first-order valence-electron chi connectivity index (χ1n) is 6.39. The lowest BCUT2D eigenvalue weighted by Gasteiger charge is -2.32. The topological polar surface area (TPSA) is 65.9 Å². The van der Waals surface area contributed by atoms with Crippen LogP contribution in [-0.4, -0.2) is 24.6 Å². The molecule has 1 aliphatic rings. The number of pyridine rings is 1. The van der Waals surface area contributed by atoms with Gasteiger partial charge in [-0.15, -0.1) is 0 Å². The highest BCUT2D eigenvalue weighted by molar-refractivity contribution is 5.54. The third kappa shape index (κ3) is 3.02. The van der Waals surface area contributed by atoms with Crippen molar-refractivity contribution in [1.29, 1.82) is 5.26 Å². The molecule has 108 valence electrons. The van der Waals surface area contributed by atoms with Crippen molar-refractivity contribution < 1.29 is 13.2 Å². The van der Waals surface area contributed by atoms with Crippen molar-refractivity contribution in [1.82, 2.24) is 4.98 Å². The van der Waals surface area contributed by atoms with Crippen LogP contribution in [0.1, 0.15) is 24.1 Å². The van der Waals surface area contributed by atoms with Crippen molar-refractivity contribution in [3.63, 3.8) is 0 Å². The van der Waals surface area contributed by atoms with Crippen LogP contribution in [0.4, 0.5) is 19.0 Å². The Morgan fingerprint density at radius 2 is 2.00 bits per heavy atom. The summed E-state index contributed by atoms with van der Waals surface area (Å²) in [6.07, 6.45) is -2.89. The predicted molar refractivity (Wildman–Crippen MR) is 67.9 cm³/mol. The van der Waals surface area contributed by atoms with E-state index in [1.54, 1.807) is 4.90 Å². The van der Waals surface area contributed by atoms with E-state index in [1.807, 2.05) is 6.07 Å². The largest absolute Gasteiger partial charge is 0.433 e. The summed E-state index contributed by atoms with van der Waals surface area (Å²) in [5, 5.41) is 9.02. The summed E-state index contributed by atoms with van der Waals surface area (Å²) < 4.78 is 38.1. The minimum Gasteiger partial charge on any atom is -0.355 e. The Morgan fingerprint density at radius 3 is 2.50 bits per heavy atom. The molecular formula is C13H15F3N4. The Bertz CT molecular complexity index is 513. The van der Waals surface area contributed by atoms with Crippen molar-refractivity contribution in [2.45, 2.75) is 19.0 Å². The third-order valence-corrected chi connectivity index (χ3v) is 3.53. The van der Waals surface area contributed by atoms with Crippen molar-refractivity contribution in [3.8, 4) is 6.07 Å². The lowest BCUT2D eigenvalue weighted by atomic mass is 9.97. The highest BCUT2D eigenvalue weighted by atomic mass is 19.4. The van der Waals surface area contributed by atoms with E-state index < -0.39 is 11.9 Å². The number of anilines is 1. The Morgan fingerprint density at radius 1 is 1.35 bits per heavy atom. The predicted octanol–water partition coefficient (Wildman–Crippen LogP) is 2.15. The highest BCUT2D eigenvalue weighted by Gasteiger charge is 2.34. The molecule has 1 aromatic heterocycles. The number of halogens is 3. The van der Waals surface area contributed by atoms with Gasteiger partial charge in [0.15, 0.2) is 0 Å². The molecule has 0 aliphatic carbocycles. The monoisotopic (exact) mass is 284 g/mol. The Balaban J connectivity index is 2.28. The van der Waals surface area contributed by atoms with Gasteiger partial charge in [-0.3, -0.25) is 0 Å². The van der Waals surface area contributed by atoms with Gasteiger partial charge in [-0.05, 0) is 37.4 Å². The molecule has 0 saturated carbocycles. The molecule has 2 N–H and O–H groups in total. The van der Waals surface area contributed by atoms with E-state index in [1.165, 1.54) is 6.07 Å². The molecule has 1 aromatic rings. The molecule has 1 fully saturated rings. The van der Waals surface area contributed by atoms with E-state index >= 15 is 0 Å². The van der Waals surface area contributed by atoms with Gasteiger partial charge in [-0.25, -0.2) is 4.98 Å². The standard InChI is InChI=1S/C13H15F3N4/c14-13(15,16)11-2-1-10(8-18)12(19-11)20-5-3-9(7-17)4-6-20/h1-2,9H,3-7,17H2. The molecule has 0 radical (unpaired) electrons. The van der Waals surface area contributed by atoms with Gasteiger partial charge < -0.3 is 10.6 Å². The normalized spacial score (nSPS) is 17.1. The molecule has 1 saturated heterocycles. The van der Waals surface area contributed by atoms with Crippen molar-refractivity contribution >= 4 is 5.82 Å². The average molecular weight is 284 g/mol. The quantitative estimate of drug-likeness (QED) is 0.903. The van der Waals surface area contributed by atoms with Crippen LogP contribution in [0, 0.1) is 17.2 Å². The number of aromatic nitrogens is 1. The molecule has 0 bridgehead atoms. The van der Waals surface area contributed by atoms with Gasteiger partial charge in [0.05, 0.1) is 5.56 Å². The Labute approximate surface area is 115 Å². The maximum Gasteiger partial charge on any atom is 0.433 e. The fourth-order valence-electron chi connectivity index (χ4n) is 2.32. The van der Waals surface area contributed by atoms with Gasteiger partial charge >= 0.3 is 6.18 Å². The van der Waals surface area contributed by atoms with Crippen molar-refractivity contribution in [3.05, 3.63) is 23.4 Å². The molecule has 2 heterocycles. The van der Waals surface area contributed by atoms with Crippen LogP contribution in [0.25, 0.3) is 0 Å². The molecule has 20 heavy (non-hydrogen) atoms. The van der Waals surface area contributed by atoms with Crippen molar-refractivity contribution in [2.24, 2.45) is 11.7 Å². The average Bonchev–Trinajstić information content (AvgIpc) is 2.45. The van der Waals surface area contributed by atoms with Gasteiger partial charge in [0.2, 0.25) is 0 Å². The summed E-state index contributed by atoms with van der Waals surface area (Å²) in [6.45, 7) is 1.73. The minimum absolute atomic E-state index is 0.123. The second-order valence-electron chi connectivity index (χ2n) is 4.84. The molecule has 0 spiro atoms. The van der Waals surface area contributed by atoms with Gasteiger partial charge in [0, 0.05) is 13.1 Å². The fraction of sp³-hybridized carbons (Fsp3) is 0.538. The van der Waals surface area contributed by atoms with Crippen LogP contribution < -0.4 is 10.6 Å². The smallest absolute Gasteiger partial charge is 0.355 e. The van der Waals surface area contributed by atoms with Crippen LogP contribution in [0.15, 0.2) is 12.1 Å². The number of nitrogens with two attached hydrogens (primary N) is 1. The fourth-order valence-corrected chi connectivity index (χ4v) is 2.32. The van der Waals surface area contributed by atoms with Gasteiger partial charge in [0.25, 0.3) is 0 Å². The summed E-state index contributed by atoms with van der Waals surface area (Å²) in [5.41, 5.74) is 4.79. The molecular weight excluding hydrogens is 269 g/mol. The van der Waals surface area contributed by atoms with E-state index in [4.69, 9.17) is 11.0 Å². The zero-order valence-corrected chi connectivity index (χ0v) is 10.8. The second kappa shape index (κ2) is 5.67. The van der Waals surface area contributed by atoms with Crippen LogP contribution in [0.3, 0.4) is 0 Å². The van der Waals surface area contributed by atoms with Gasteiger partial charge in [-0.1, -0.05) is 0 Å². The first-order chi connectivity index (χ1) is 9.45. The zero-order valence-electron chi connectivity index (χ0n) is 10.8. The minimum atomic E-state index is -4.50. The Kier molecular flexibility index (Phi) is 4.14. The van der Waals surface area contributed by atoms with Crippen LogP contribution in [-0.2, 0) is 6.18 Å². The van der Waals surface area contributed by atoms with Gasteiger partial charge in [0.1, 0.15) is 17.6 Å². The van der Waals surface area contributed by atoms with Crippen LogP contribution >= 0.6 is 0 Å². The molecule has 2 rings (SSSR count). The maximum absolute atomic E-state index is 12.7. The maximum atomic E-state index is 12.7. The number of nitrogens with zero attached hydrogens (tertiary/aromatic N) is 3. The van der Waals surface area contributed by atoms with E-state index in [-0.39, 0.29) is 11.4 Å². The van der Waals surface area contributed by atoms with Crippen molar-refractivity contribution in [2.75, 3.05) is 24.5 Å². The zero-order chi connectivity index (χ0) is 14.8. The summed E-state index contributed by atoms with van der Waals surface area (Å²) in [4.78, 5) is 5.37. The first-order valence-corrected chi connectivity index (χ1v) is 6.39. The summed E-state index contributed by atoms with van der Waals surface area (Å²) in [5.74, 6) is 0.514. The Hall–Kier alpha value is -1.81. The number of piperidine rings is 1. The second-order valence-corrected chi connectivity index (χ2v) is 4.84. The molecule has 0 unspecified atom stereocenters. The summed E-state index contributed by atoms with van der Waals surface area (Å²) in [7, 11) is 0. The van der Waals surface area contributed by atoms with Crippen LogP contribution in [0.5, 0.6) is 0 Å². The number of alkyl halides is 3. The summed E-state index contributed by atoms with van der Waals surface area (Å²) >= 11 is 0.